The van der Waals surface area contributed by atoms with E-state index in [1.807, 2.05) is 0 Å². The Bertz CT molecular complexity index is 548. The molecule has 1 aromatic carbocycles. The van der Waals surface area contributed by atoms with Gasteiger partial charge < -0.3 is 14.2 Å². The van der Waals surface area contributed by atoms with Crippen molar-refractivity contribution in [2.75, 3.05) is 6.79 Å². The van der Waals surface area contributed by atoms with Gasteiger partial charge in [0, 0.05) is 6.07 Å². The molecule has 0 saturated carbocycles. The summed E-state index contributed by atoms with van der Waals surface area (Å²) in [4.78, 5) is 32.8. The summed E-state index contributed by atoms with van der Waals surface area (Å²) in [6.07, 6.45) is -1.20. The predicted octanol–water partition coefficient (Wildman–Crippen LogP) is 2.66. The van der Waals surface area contributed by atoms with Crippen LogP contribution in [0.25, 0.3) is 0 Å². The van der Waals surface area contributed by atoms with Gasteiger partial charge in [0.15, 0.2) is 0 Å². The maximum atomic E-state index is 11.4. The van der Waals surface area contributed by atoms with Crippen LogP contribution in [0.15, 0.2) is 24.3 Å². The van der Waals surface area contributed by atoms with Crippen LogP contribution in [0.2, 0.25) is 0 Å². The van der Waals surface area contributed by atoms with E-state index >= 15 is 0 Å². The van der Waals surface area contributed by atoms with Crippen LogP contribution in [0.3, 0.4) is 0 Å². The van der Waals surface area contributed by atoms with Crippen molar-refractivity contribution in [2.24, 2.45) is 5.41 Å². The summed E-state index contributed by atoms with van der Waals surface area (Å²) >= 11 is 0. The number of hydrogen-bond donors (Lipinski definition) is 0. The first kappa shape index (κ1) is 16.4. The van der Waals surface area contributed by atoms with E-state index in [0.29, 0.717) is 0 Å². The van der Waals surface area contributed by atoms with Crippen LogP contribution in [0.5, 0.6) is 5.75 Å². The van der Waals surface area contributed by atoms with Crippen molar-refractivity contribution >= 4 is 17.8 Å². The van der Waals surface area contributed by atoms with E-state index in [4.69, 9.17) is 4.74 Å². The second-order valence-electron chi connectivity index (χ2n) is 5.02. The van der Waals surface area contributed by atoms with Crippen LogP contribution in [0.1, 0.15) is 20.8 Å². The van der Waals surface area contributed by atoms with Gasteiger partial charge in [-0.2, -0.15) is 0 Å². The maximum Gasteiger partial charge on any atom is 0.517 e. The number of carbonyl (C=O) groups excluding carboxylic acids is 2. The highest BCUT2D eigenvalue weighted by Crippen LogP contribution is 2.26. The Balaban J connectivity index is 2.52. The molecule has 0 spiro atoms. The van der Waals surface area contributed by atoms with E-state index in [9.17, 15) is 19.7 Å². The van der Waals surface area contributed by atoms with Crippen molar-refractivity contribution in [3.8, 4) is 5.75 Å². The fraction of sp³-hybridized carbons (Fsp3) is 0.385. The van der Waals surface area contributed by atoms with Crippen molar-refractivity contribution in [1.82, 2.24) is 0 Å². The third-order valence-corrected chi connectivity index (χ3v) is 2.23. The van der Waals surface area contributed by atoms with Gasteiger partial charge in [0.2, 0.25) is 12.5 Å². The molecule has 0 aliphatic rings. The molecule has 0 N–H and O–H groups in total. The van der Waals surface area contributed by atoms with E-state index < -0.39 is 29.3 Å². The van der Waals surface area contributed by atoms with Crippen LogP contribution in [0.4, 0.5) is 10.5 Å². The van der Waals surface area contributed by atoms with E-state index in [1.54, 1.807) is 20.8 Å². The third-order valence-electron chi connectivity index (χ3n) is 2.23. The van der Waals surface area contributed by atoms with E-state index in [2.05, 4.69) is 9.47 Å². The molecule has 0 bridgehead atoms. The Morgan fingerprint density at radius 1 is 1.19 bits per heavy atom. The monoisotopic (exact) mass is 297 g/mol. The minimum atomic E-state index is -1.20. The lowest BCUT2D eigenvalue weighted by atomic mass is 9.98. The quantitative estimate of drug-likeness (QED) is 0.276. The molecule has 8 nitrogen and oxygen atoms in total. The largest absolute Gasteiger partial charge is 0.517 e. The number of benzene rings is 1. The molecule has 0 aromatic heterocycles. The van der Waals surface area contributed by atoms with Gasteiger partial charge in [-0.05, 0) is 26.8 Å². The van der Waals surface area contributed by atoms with Gasteiger partial charge in [0.25, 0.3) is 0 Å². The number of nitro benzene ring substituents is 1. The summed E-state index contributed by atoms with van der Waals surface area (Å²) in [5.74, 6) is -0.810. The minimum absolute atomic E-state index is 0.255. The number of carbonyl (C=O) groups is 2. The smallest absolute Gasteiger partial charge is 0.427 e. The minimum Gasteiger partial charge on any atom is -0.427 e. The van der Waals surface area contributed by atoms with Crippen molar-refractivity contribution in [2.45, 2.75) is 20.8 Å². The molecule has 0 heterocycles. The second kappa shape index (κ2) is 6.69. The Morgan fingerprint density at radius 3 is 2.38 bits per heavy atom. The summed E-state index contributed by atoms with van der Waals surface area (Å²) in [6, 6.07) is 5.33. The van der Waals surface area contributed by atoms with Gasteiger partial charge in [-0.3, -0.25) is 14.9 Å². The number of nitro groups is 1. The van der Waals surface area contributed by atoms with Gasteiger partial charge in [-0.15, -0.1) is 0 Å². The first-order valence-electron chi connectivity index (χ1n) is 5.97. The van der Waals surface area contributed by atoms with Gasteiger partial charge in [0.1, 0.15) is 0 Å². The lowest BCUT2D eigenvalue weighted by Crippen LogP contribution is -2.25. The van der Waals surface area contributed by atoms with Gasteiger partial charge in [-0.25, -0.2) is 4.79 Å². The topological polar surface area (TPSA) is 105 Å². The van der Waals surface area contributed by atoms with E-state index in [0.717, 1.165) is 0 Å². The Labute approximate surface area is 120 Å². The highest BCUT2D eigenvalue weighted by molar-refractivity contribution is 5.75. The van der Waals surface area contributed by atoms with Crippen LogP contribution in [0, 0.1) is 15.5 Å². The zero-order valence-corrected chi connectivity index (χ0v) is 11.8. The number of para-hydroxylation sites is 2. The molecule has 0 unspecified atom stereocenters. The van der Waals surface area contributed by atoms with E-state index in [-0.39, 0.29) is 11.4 Å². The second-order valence-corrected chi connectivity index (χ2v) is 5.02. The lowest BCUT2D eigenvalue weighted by Gasteiger charge is -2.16. The molecule has 0 aliphatic heterocycles. The first-order valence-corrected chi connectivity index (χ1v) is 5.97. The van der Waals surface area contributed by atoms with Crippen molar-refractivity contribution in [3.05, 3.63) is 34.4 Å². The van der Waals surface area contributed by atoms with Crippen molar-refractivity contribution < 1.29 is 28.7 Å². The zero-order valence-electron chi connectivity index (χ0n) is 11.8. The van der Waals surface area contributed by atoms with Crippen LogP contribution >= 0.6 is 0 Å². The Morgan fingerprint density at radius 2 is 1.81 bits per heavy atom. The number of hydrogen-bond acceptors (Lipinski definition) is 7. The molecule has 8 heteroatoms. The van der Waals surface area contributed by atoms with Crippen LogP contribution in [-0.4, -0.2) is 23.8 Å². The molecule has 0 aliphatic carbocycles. The summed E-state index contributed by atoms with van der Waals surface area (Å²) < 4.78 is 13.9. The van der Waals surface area contributed by atoms with Crippen LogP contribution < -0.4 is 4.74 Å². The maximum absolute atomic E-state index is 11.4. The highest BCUT2D eigenvalue weighted by atomic mass is 16.8. The molecular weight excluding hydrogens is 282 g/mol. The van der Waals surface area contributed by atoms with Crippen molar-refractivity contribution in [3.63, 3.8) is 0 Å². The summed E-state index contributed by atoms with van der Waals surface area (Å²) in [6.45, 7) is 4.29. The number of rotatable bonds is 4. The highest BCUT2D eigenvalue weighted by Gasteiger charge is 2.24. The summed E-state index contributed by atoms with van der Waals surface area (Å²) in [5.41, 5.74) is -1.10. The standard InChI is InChI=1S/C13H15NO7/c1-13(2,3)11(15)19-8-20-12(16)21-10-7-5-4-6-9(10)14(17)18/h4-7H,8H2,1-3H3. The Hall–Kier alpha value is -2.64. The summed E-state index contributed by atoms with van der Waals surface area (Å²) in [7, 11) is 0. The van der Waals surface area contributed by atoms with Crippen molar-refractivity contribution in [1.29, 1.82) is 0 Å². The first-order chi connectivity index (χ1) is 9.71. The van der Waals surface area contributed by atoms with Gasteiger partial charge in [-0.1, -0.05) is 12.1 Å². The zero-order chi connectivity index (χ0) is 16.0. The molecule has 1 aromatic rings. The molecule has 0 radical (unpaired) electrons. The van der Waals surface area contributed by atoms with Gasteiger partial charge >= 0.3 is 17.8 Å². The molecule has 114 valence electrons. The van der Waals surface area contributed by atoms with Gasteiger partial charge in [0.05, 0.1) is 10.3 Å². The molecule has 0 fully saturated rings. The average molecular weight is 297 g/mol. The molecule has 0 saturated heterocycles. The molecule has 1 rings (SSSR count). The SMILES string of the molecule is CC(C)(C)C(=O)OCOC(=O)Oc1ccccc1[N+](=O)[O-]. The number of ether oxygens (including phenoxy) is 3. The average Bonchev–Trinajstić information content (AvgIpc) is 2.37. The fourth-order valence-corrected chi connectivity index (χ4v) is 1.16. The summed E-state index contributed by atoms with van der Waals surface area (Å²) in [5, 5.41) is 10.7. The molecule has 0 amide bonds. The molecule has 0 atom stereocenters. The van der Waals surface area contributed by atoms with Crippen LogP contribution in [-0.2, 0) is 14.3 Å². The van der Waals surface area contributed by atoms with E-state index in [1.165, 1.54) is 24.3 Å². The predicted molar refractivity (Wildman–Crippen MR) is 70.6 cm³/mol. The molecular formula is C13H15NO7. The Kier molecular flexibility index (Phi) is 5.23. The fourth-order valence-electron chi connectivity index (χ4n) is 1.16. The lowest BCUT2D eigenvalue weighted by molar-refractivity contribution is -0.385. The number of nitrogens with zero attached hydrogens (tertiary/aromatic N) is 1. The normalized spacial score (nSPS) is 10.6. The molecule has 21 heavy (non-hydrogen) atoms. The third kappa shape index (κ3) is 5.09. The number of esters is 1.